The van der Waals surface area contributed by atoms with Crippen LogP contribution in [-0.4, -0.2) is 68.5 Å². The first-order valence-electron chi connectivity index (χ1n) is 15.0. The van der Waals surface area contributed by atoms with Crippen molar-refractivity contribution < 1.29 is 28.4 Å². The van der Waals surface area contributed by atoms with Crippen molar-refractivity contribution >= 4 is 0 Å². The molecule has 2 atom stereocenters. The Morgan fingerprint density at radius 3 is 1.23 bits per heavy atom. The second-order valence-corrected chi connectivity index (χ2v) is 14.0. The lowest BCUT2D eigenvalue weighted by Gasteiger charge is -2.24. The Morgan fingerprint density at radius 1 is 0.500 bits per heavy atom. The summed E-state index contributed by atoms with van der Waals surface area (Å²) in [5.74, 6) is 5.95. The minimum atomic E-state index is -0.0680. The molecule has 0 N–H and O–H groups in total. The van der Waals surface area contributed by atoms with Crippen LogP contribution >= 0.6 is 0 Å². The smallest absolute Gasteiger partial charge is 0.260 e. The molecule has 0 aromatic carbocycles. The SMILES string of the molecule is CC(C)(C)c1ncc2c(n1)OCCO2.C[C@@H]1COc2nc(C(C)(C)C)ncc2O1.C[C@H]1COc2nc(C(C)(C)C)ncc2O1. The summed E-state index contributed by atoms with van der Waals surface area (Å²) in [6, 6.07) is 0. The van der Waals surface area contributed by atoms with E-state index in [1.165, 1.54) is 0 Å². The van der Waals surface area contributed by atoms with Crippen molar-refractivity contribution in [2.75, 3.05) is 26.4 Å². The minimum Gasteiger partial charge on any atom is -0.483 e. The first kappa shape index (κ1) is 32.9. The van der Waals surface area contributed by atoms with Gasteiger partial charge in [-0.15, -0.1) is 0 Å². The molecule has 0 saturated heterocycles. The van der Waals surface area contributed by atoms with E-state index in [9.17, 15) is 0 Å². The van der Waals surface area contributed by atoms with Gasteiger partial charge in [0.15, 0.2) is 17.2 Å². The quantitative estimate of drug-likeness (QED) is 0.322. The molecule has 6 rings (SSSR count). The zero-order chi connectivity index (χ0) is 32.3. The average Bonchev–Trinajstić information content (AvgIpc) is 2.95. The first-order chi connectivity index (χ1) is 20.5. The Labute approximate surface area is 260 Å². The molecule has 44 heavy (non-hydrogen) atoms. The molecule has 3 aliphatic rings. The van der Waals surface area contributed by atoms with Crippen molar-refractivity contribution in [2.45, 2.75) is 105 Å². The maximum atomic E-state index is 5.55. The molecule has 0 aliphatic carbocycles. The van der Waals surface area contributed by atoms with E-state index < -0.39 is 0 Å². The number of hydrogen-bond acceptors (Lipinski definition) is 12. The molecule has 0 fully saturated rings. The lowest BCUT2D eigenvalue weighted by atomic mass is 9.96. The van der Waals surface area contributed by atoms with Crippen molar-refractivity contribution in [2.24, 2.45) is 0 Å². The van der Waals surface area contributed by atoms with Gasteiger partial charge in [0.05, 0.1) is 18.6 Å². The fourth-order valence-corrected chi connectivity index (χ4v) is 3.90. The lowest BCUT2D eigenvalue weighted by molar-refractivity contribution is 0.0971. The Balaban J connectivity index is 0.000000151. The van der Waals surface area contributed by atoms with Gasteiger partial charge in [-0.2, -0.15) is 15.0 Å². The highest BCUT2D eigenvalue weighted by atomic mass is 16.6. The summed E-state index contributed by atoms with van der Waals surface area (Å²) in [5.41, 5.74) is -0.196. The third-order valence-corrected chi connectivity index (χ3v) is 6.32. The fraction of sp³-hybridized carbons (Fsp3) is 0.625. The maximum absolute atomic E-state index is 5.55. The van der Waals surface area contributed by atoms with Crippen LogP contribution in [-0.2, 0) is 16.2 Å². The molecule has 0 radical (unpaired) electrons. The highest BCUT2D eigenvalue weighted by Crippen LogP contribution is 2.33. The van der Waals surface area contributed by atoms with Gasteiger partial charge in [-0.3, -0.25) is 0 Å². The van der Waals surface area contributed by atoms with Crippen LogP contribution in [0.2, 0.25) is 0 Å². The van der Waals surface area contributed by atoms with E-state index in [2.05, 4.69) is 92.2 Å². The molecule has 0 bridgehead atoms. The van der Waals surface area contributed by atoms with Crippen molar-refractivity contribution in [3.63, 3.8) is 0 Å². The number of ether oxygens (including phenoxy) is 6. The molecule has 3 aliphatic heterocycles. The van der Waals surface area contributed by atoms with Gasteiger partial charge in [-0.05, 0) is 13.8 Å². The molecule has 3 aromatic heterocycles. The van der Waals surface area contributed by atoms with Crippen LogP contribution in [0.25, 0.3) is 0 Å². The predicted octanol–water partition coefficient (Wildman–Crippen LogP) is 5.41. The lowest BCUT2D eigenvalue weighted by Crippen LogP contribution is -2.27. The van der Waals surface area contributed by atoms with Crippen LogP contribution in [0, 0.1) is 0 Å². The number of fused-ring (bicyclic) bond motifs is 3. The Bertz CT molecular complexity index is 1360. The maximum Gasteiger partial charge on any atom is 0.260 e. The van der Waals surface area contributed by atoms with E-state index in [0.717, 1.165) is 17.5 Å². The van der Waals surface area contributed by atoms with Crippen LogP contribution in [0.4, 0.5) is 0 Å². The summed E-state index contributed by atoms with van der Waals surface area (Å²) in [5, 5.41) is 0. The van der Waals surface area contributed by atoms with Gasteiger partial charge < -0.3 is 28.4 Å². The number of hydrogen-bond donors (Lipinski definition) is 0. The Morgan fingerprint density at radius 2 is 0.841 bits per heavy atom. The van der Waals surface area contributed by atoms with Crippen molar-refractivity contribution in [3.8, 4) is 34.9 Å². The van der Waals surface area contributed by atoms with E-state index in [4.69, 9.17) is 28.4 Å². The van der Waals surface area contributed by atoms with Gasteiger partial charge >= 0.3 is 0 Å². The molecule has 0 saturated carbocycles. The van der Waals surface area contributed by atoms with Crippen LogP contribution in [0.1, 0.15) is 93.6 Å². The first-order valence-corrected chi connectivity index (χ1v) is 15.0. The van der Waals surface area contributed by atoms with E-state index in [1.54, 1.807) is 18.6 Å². The highest BCUT2D eigenvalue weighted by Gasteiger charge is 2.26. The summed E-state index contributed by atoms with van der Waals surface area (Å²) in [4.78, 5) is 25.9. The van der Waals surface area contributed by atoms with Gasteiger partial charge in [0.2, 0.25) is 0 Å². The summed E-state index contributed by atoms with van der Waals surface area (Å²) < 4.78 is 32.8. The minimum absolute atomic E-state index is 0.0597. The molecular formula is C32H46N6O6. The summed E-state index contributed by atoms with van der Waals surface area (Å²) in [6.07, 6.45) is 5.21. The van der Waals surface area contributed by atoms with Crippen molar-refractivity contribution in [1.29, 1.82) is 0 Å². The highest BCUT2D eigenvalue weighted by molar-refractivity contribution is 5.35. The molecule has 12 heteroatoms. The summed E-state index contributed by atoms with van der Waals surface area (Å²) >= 11 is 0. The third kappa shape index (κ3) is 8.57. The zero-order valence-corrected chi connectivity index (χ0v) is 27.8. The molecule has 3 aromatic rings. The van der Waals surface area contributed by atoms with Gasteiger partial charge in [0.25, 0.3) is 17.6 Å². The number of rotatable bonds is 0. The third-order valence-electron chi connectivity index (χ3n) is 6.32. The molecule has 0 spiro atoms. The van der Waals surface area contributed by atoms with Crippen LogP contribution in [0.5, 0.6) is 34.9 Å². The normalized spacial score (nSPS) is 18.6. The zero-order valence-electron chi connectivity index (χ0n) is 27.8. The van der Waals surface area contributed by atoms with E-state index in [1.807, 2.05) is 13.8 Å². The van der Waals surface area contributed by atoms with Crippen LogP contribution in [0.3, 0.4) is 0 Å². The Hall–Kier alpha value is -3.96. The average molecular weight is 611 g/mol. The molecular weight excluding hydrogens is 564 g/mol. The molecule has 0 amide bonds. The molecule has 6 heterocycles. The monoisotopic (exact) mass is 610 g/mol. The second kappa shape index (κ2) is 13.0. The van der Waals surface area contributed by atoms with Gasteiger partial charge in [0.1, 0.15) is 56.1 Å². The predicted molar refractivity (Wildman–Crippen MR) is 164 cm³/mol. The number of aromatic nitrogens is 6. The van der Waals surface area contributed by atoms with E-state index >= 15 is 0 Å². The molecule has 240 valence electrons. The van der Waals surface area contributed by atoms with Crippen molar-refractivity contribution in [3.05, 3.63) is 36.1 Å². The number of nitrogens with zero attached hydrogens (tertiary/aromatic N) is 6. The van der Waals surface area contributed by atoms with Crippen LogP contribution in [0.15, 0.2) is 18.6 Å². The molecule has 0 unspecified atom stereocenters. The van der Waals surface area contributed by atoms with Gasteiger partial charge in [-0.25, -0.2) is 15.0 Å². The van der Waals surface area contributed by atoms with Crippen LogP contribution < -0.4 is 28.4 Å². The van der Waals surface area contributed by atoms with E-state index in [0.29, 0.717) is 61.3 Å². The topological polar surface area (TPSA) is 133 Å². The van der Waals surface area contributed by atoms with Gasteiger partial charge in [-0.1, -0.05) is 62.3 Å². The summed E-state index contributed by atoms with van der Waals surface area (Å²) in [6.45, 7) is 24.8. The van der Waals surface area contributed by atoms with Crippen molar-refractivity contribution in [1.82, 2.24) is 29.9 Å². The van der Waals surface area contributed by atoms with E-state index in [-0.39, 0.29) is 28.5 Å². The fourth-order valence-electron chi connectivity index (χ4n) is 3.90. The second-order valence-electron chi connectivity index (χ2n) is 14.0. The van der Waals surface area contributed by atoms with Gasteiger partial charge in [0, 0.05) is 16.2 Å². The largest absolute Gasteiger partial charge is 0.483 e. The molecule has 12 nitrogen and oxygen atoms in total. The Kier molecular flexibility index (Phi) is 9.70. The summed E-state index contributed by atoms with van der Waals surface area (Å²) in [7, 11) is 0. The standard InChI is InChI=1S/2C11H16N2O2.C10H14N2O2/c2*1-7-6-14-9-8(15-7)5-12-10(13-9)11(2,3)4;1-10(2,3)9-11-6-7-8(12-9)14-5-4-13-7/h2*5,7H,6H2,1-4H3;6H,4-5H2,1-3H3/t2*7-;/m10./s1.